The van der Waals surface area contributed by atoms with Crippen LogP contribution in [-0.4, -0.2) is 11.8 Å². The quantitative estimate of drug-likeness (QED) is 0.619. The molecule has 0 aliphatic heterocycles. The molecule has 0 atom stereocenters. The van der Waals surface area contributed by atoms with Crippen LogP contribution in [0.1, 0.15) is 11.1 Å². The molecule has 0 radical (unpaired) electrons. The molecule has 0 aliphatic rings. The highest BCUT2D eigenvalue weighted by atomic mass is 35.5. The number of anilines is 2. The summed E-state index contributed by atoms with van der Waals surface area (Å²) in [6.07, 6.45) is 1.47. The van der Waals surface area contributed by atoms with Gasteiger partial charge in [-0.15, -0.1) is 23.2 Å². The highest BCUT2D eigenvalue weighted by Gasteiger charge is 2.07. The fourth-order valence-corrected chi connectivity index (χ4v) is 1.82. The maximum absolute atomic E-state index is 5.96. The maximum Gasteiger partial charge on any atom is 0.0400 e. The molecule has 0 heterocycles. The lowest BCUT2D eigenvalue weighted by atomic mass is 10.0. The molecule has 0 fully saturated rings. The lowest BCUT2D eigenvalue weighted by Crippen LogP contribution is -2.05. The summed E-state index contributed by atoms with van der Waals surface area (Å²) in [5, 5.41) is 0. The van der Waals surface area contributed by atoms with Crippen molar-refractivity contribution in [2.45, 2.75) is 12.8 Å². The Labute approximate surface area is 94.2 Å². The second kappa shape index (κ2) is 5.32. The Morgan fingerprint density at radius 1 is 1.00 bits per heavy atom. The van der Waals surface area contributed by atoms with E-state index in [0.717, 1.165) is 23.2 Å². The van der Waals surface area contributed by atoms with Crippen LogP contribution in [0.5, 0.6) is 0 Å². The first kappa shape index (κ1) is 11.5. The molecule has 0 aromatic heterocycles. The third kappa shape index (κ3) is 2.46. The predicted molar refractivity (Wildman–Crippen MR) is 64.1 cm³/mol. The Kier molecular flexibility index (Phi) is 4.36. The zero-order chi connectivity index (χ0) is 10.6. The Morgan fingerprint density at radius 2 is 1.64 bits per heavy atom. The van der Waals surface area contributed by atoms with E-state index in [-0.39, 0.29) is 0 Å². The Morgan fingerprint density at radius 3 is 2.21 bits per heavy atom. The monoisotopic (exact) mass is 232 g/mol. The Bertz CT molecular complexity index is 313. The largest absolute Gasteiger partial charge is 0.398 e. The molecule has 1 aromatic rings. The molecule has 2 nitrogen and oxygen atoms in total. The molecule has 4 N–H and O–H groups in total. The summed E-state index contributed by atoms with van der Waals surface area (Å²) in [7, 11) is 0. The number of nitrogen functional groups attached to an aromatic ring is 2. The fourth-order valence-electron chi connectivity index (χ4n) is 1.42. The summed E-state index contributed by atoms with van der Waals surface area (Å²) in [6.45, 7) is 0. The van der Waals surface area contributed by atoms with E-state index in [1.165, 1.54) is 0 Å². The van der Waals surface area contributed by atoms with Crippen molar-refractivity contribution in [3.63, 3.8) is 0 Å². The standard InChI is InChI=1S/C10H14Cl2N2/c11-5-3-7-1-2-9(13)8(4-6-12)10(7)14/h1-2H,3-6,13-14H2. The SMILES string of the molecule is Nc1ccc(CCCl)c(N)c1CCCl. The first-order valence-electron chi connectivity index (χ1n) is 4.48. The van der Waals surface area contributed by atoms with Gasteiger partial charge in [0.25, 0.3) is 0 Å². The number of nitrogens with two attached hydrogens (primary N) is 2. The van der Waals surface area contributed by atoms with Gasteiger partial charge in [0.1, 0.15) is 0 Å². The summed E-state index contributed by atoms with van der Waals surface area (Å²) >= 11 is 11.3. The second-order valence-electron chi connectivity index (χ2n) is 3.08. The normalized spacial score (nSPS) is 10.4. The number of hydrogen-bond donors (Lipinski definition) is 2. The minimum absolute atomic E-state index is 0.527. The summed E-state index contributed by atoms with van der Waals surface area (Å²) in [4.78, 5) is 0. The van der Waals surface area contributed by atoms with Crippen LogP contribution in [0.3, 0.4) is 0 Å². The van der Waals surface area contributed by atoms with Crippen LogP contribution < -0.4 is 11.5 Å². The third-order valence-electron chi connectivity index (χ3n) is 2.19. The van der Waals surface area contributed by atoms with Crippen LogP contribution in [0.2, 0.25) is 0 Å². The number of hydrogen-bond acceptors (Lipinski definition) is 2. The molecule has 0 saturated carbocycles. The molecule has 14 heavy (non-hydrogen) atoms. The first-order valence-corrected chi connectivity index (χ1v) is 5.55. The summed E-state index contributed by atoms with van der Waals surface area (Å²) in [5.74, 6) is 1.09. The van der Waals surface area contributed by atoms with Gasteiger partial charge >= 0.3 is 0 Å². The van der Waals surface area contributed by atoms with E-state index < -0.39 is 0 Å². The van der Waals surface area contributed by atoms with Crippen molar-refractivity contribution in [3.8, 4) is 0 Å². The Balaban J connectivity index is 3.05. The van der Waals surface area contributed by atoms with E-state index in [2.05, 4.69) is 0 Å². The smallest absolute Gasteiger partial charge is 0.0400 e. The average Bonchev–Trinajstić information content (AvgIpc) is 2.17. The highest BCUT2D eigenvalue weighted by Crippen LogP contribution is 2.25. The molecule has 0 amide bonds. The maximum atomic E-state index is 5.96. The summed E-state index contributed by atoms with van der Waals surface area (Å²) in [6, 6.07) is 3.78. The zero-order valence-electron chi connectivity index (χ0n) is 7.89. The van der Waals surface area contributed by atoms with Crippen LogP contribution in [-0.2, 0) is 12.8 Å². The highest BCUT2D eigenvalue weighted by molar-refractivity contribution is 6.18. The molecule has 1 rings (SSSR count). The van der Waals surface area contributed by atoms with Gasteiger partial charge in [-0.3, -0.25) is 0 Å². The van der Waals surface area contributed by atoms with Gasteiger partial charge < -0.3 is 11.5 Å². The number of alkyl halides is 2. The van der Waals surface area contributed by atoms with Crippen molar-refractivity contribution in [1.82, 2.24) is 0 Å². The minimum Gasteiger partial charge on any atom is -0.398 e. The molecule has 4 heteroatoms. The summed E-state index contributed by atoms with van der Waals surface area (Å²) in [5.41, 5.74) is 15.2. The Hall–Kier alpha value is -0.600. The van der Waals surface area contributed by atoms with E-state index in [0.29, 0.717) is 23.9 Å². The molecule has 0 aliphatic carbocycles. The van der Waals surface area contributed by atoms with Gasteiger partial charge in [0, 0.05) is 23.1 Å². The van der Waals surface area contributed by atoms with Crippen LogP contribution in [0.4, 0.5) is 11.4 Å². The molecule has 0 spiro atoms. The van der Waals surface area contributed by atoms with Gasteiger partial charge in [-0.05, 0) is 30.0 Å². The fraction of sp³-hybridized carbons (Fsp3) is 0.400. The van der Waals surface area contributed by atoms with Crippen molar-refractivity contribution in [2.24, 2.45) is 0 Å². The van der Waals surface area contributed by atoms with Crippen LogP contribution in [0, 0.1) is 0 Å². The van der Waals surface area contributed by atoms with Gasteiger partial charge in [-0.2, -0.15) is 0 Å². The average molecular weight is 233 g/mol. The molecule has 0 bridgehead atoms. The number of benzene rings is 1. The molecular formula is C10H14Cl2N2. The third-order valence-corrected chi connectivity index (χ3v) is 2.57. The van der Waals surface area contributed by atoms with Crippen LogP contribution in [0.25, 0.3) is 0 Å². The van der Waals surface area contributed by atoms with Gasteiger partial charge in [-0.1, -0.05) is 6.07 Å². The van der Waals surface area contributed by atoms with Crippen LogP contribution >= 0.6 is 23.2 Å². The van der Waals surface area contributed by atoms with Crippen molar-refractivity contribution in [1.29, 1.82) is 0 Å². The van der Waals surface area contributed by atoms with Crippen LogP contribution in [0.15, 0.2) is 12.1 Å². The number of rotatable bonds is 4. The zero-order valence-corrected chi connectivity index (χ0v) is 9.41. The predicted octanol–water partition coefficient (Wildman–Crippen LogP) is 2.41. The molecule has 0 saturated heterocycles. The van der Waals surface area contributed by atoms with E-state index in [1.54, 1.807) is 0 Å². The lowest BCUT2D eigenvalue weighted by molar-refractivity contribution is 1.11. The second-order valence-corrected chi connectivity index (χ2v) is 3.84. The molecule has 78 valence electrons. The number of aryl methyl sites for hydroxylation is 1. The molecular weight excluding hydrogens is 219 g/mol. The van der Waals surface area contributed by atoms with Gasteiger partial charge in [-0.25, -0.2) is 0 Å². The van der Waals surface area contributed by atoms with Gasteiger partial charge in [0.2, 0.25) is 0 Å². The van der Waals surface area contributed by atoms with Crippen molar-refractivity contribution >= 4 is 34.6 Å². The van der Waals surface area contributed by atoms with Gasteiger partial charge in [0.15, 0.2) is 0 Å². The molecule has 0 unspecified atom stereocenters. The lowest BCUT2D eigenvalue weighted by Gasteiger charge is -2.11. The van der Waals surface area contributed by atoms with Crippen molar-refractivity contribution in [3.05, 3.63) is 23.3 Å². The van der Waals surface area contributed by atoms with Crippen molar-refractivity contribution in [2.75, 3.05) is 23.2 Å². The van der Waals surface area contributed by atoms with Gasteiger partial charge in [0.05, 0.1) is 0 Å². The topological polar surface area (TPSA) is 52.0 Å². The van der Waals surface area contributed by atoms with E-state index in [1.807, 2.05) is 12.1 Å². The van der Waals surface area contributed by atoms with E-state index >= 15 is 0 Å². The minimum atomic E-state index is 0.527. The number of halogens is 2. The summed E-state index contributed by atoms with van der Waals surface area (Å²) < 4.78 is 0. The van der Waals surface area contributed by atoms with E-state index in [9.17, 15) is 0 Å². The first-order chi connectivity index (χ1) is 6.70. The van der Waals surface area contributed by atoms with E-state index in [4.69, 9.17) is 34.7 Å². The molecule has 1 aromatic carbocycles. The van der Waals surface area contributed by atoms with Crippen molar-refractivity contribution < 1.29 is 0 Å².